The first-order valence-corrected chi connectivity index (χ1v) is 14.7. The molecule has 1 aromatic heterocycles. The highest BCUT2D eigenvalue weighted by Crippen LogP contribution is 2.19. The summed E-state index contributed by atoms with van der Waals surface area (Å²) < 4.78 is 0. The number of carboxylic acids is 1. The molecule has 14 nitrogen and oxygen atoms in total. The van der Waals surface area contributed by atoms with Crippen LogP contribution in [0.25, 0.3) is 10.9 Å². The molecule has 0 saturated carbocycles. The number of carboxylic acid groups (broad SMARTS) is 1. The SMILES string of the molecule is NC(=O)CC(NC(=O)C(Cc1ccc(O)cc1)NC(=O)C(N)Cc1c[nH]c2ccccc12)C(=O)NC(Cc1ccc(O)cc1)C(=O)O. The lowest BCUT2D eigenvalue weighted by Gasteiger charge is -2.25. The quantitative estimate of drug-likeness (QED) is 0.0864. The van der Waals surface area contributed by atoms with Gasteiger partial charge in [0.15, 0.2) is 0 Å². The summed E-state index contributed by atoms with van der Waals surface area (Å²) in [5, 5.41) is 37.2. The molecule has 4 aromatic rings. The number of aromatic amines is 1. The molecule has 0 aliphatic carbocycles. The van der Waals surface area contributed by atoms with Crippen molar-refractivity contribution in [2.45, 2.75) is 49.9 Å². The Bertz CT molecular complexity index is 1740. The zero-order chi connectivity index (χ0) is 34.1. The lowest BCUT2D eigenvalue weighted by molar-refractivity contribution is -0.142. The topological polar surface area (TPSA) is 250 Å². The molecule has 0 spiro atoms. The second-order valence-electron chi connectivity index (χ2n) is 11.1. The first-order chi connectivity index (χ1) is 22.4. The third kappa shape index (κ3) is 9.55. The van der Waals surface area contributed by atoms with Crippen LogP contribution in [0.3, 0.4) is 0 Å². The standard InChI is InChI=1S/C33H36N6O8/c34-24(15-20-17-36-25-4-2-1-3-23(20)25)30(43)37-26(13-18-5-9-21(40)10-6-18)31(44)38-27(16-29(35)42)32(45)39-28(33(46)47)14-19-7-11-22(41)12-8-19/h1-12,17,24,26-28,36,40-41H,13-16,34H2,(H2,35,42)(H,37,43)(H,38,44)(H,39,45)(H,46,47). The number of phenols is 2. The highest BCUT2D eigenvalue weighted by molar-refractivity contribution is 5.96. The minimum Gasteiger partial charge on any atom is -0.508 e. The van der Waals surface area contributed by atoms with Gasteiger partial charge in [0.2, 0.25) is 23.6 Å². The van der Waals surface area contributed by atoms with Crippen LogP contribution in [-0.4, -0.2) is 74.1 Å². The van der Waals surface area contributed by atoms with Crippen LogP contribution in [0.5, 0.6) is 11.5 Å². The third-order valence-electron chi connectivity index (χ3n) is 7.49. The number of fused-ring (bicyclic) bond motifs is 1. The summed E-state index contributed by atoms with van der Waals surface area (Å²) in [5.74, 6) is -4.88. The van der Waals surface area contributed by atoms with Crippen molar-refractivity contribution < 1.29 is 39.3 Å². The molecule has 4 amide bonds. The Kier molecular flexibility index (Phi) is 11.1. The molecule has 0 bridgehead atoms. The van der Waals surface area contributed by atoms with Gasteiger partial charge in [0, 0.05) is 29.9 Å². The van der Waals surface area contributed by atoms with Gasteiger partial charge in [0.05, 0.1) is 12.5 Å². The van der Waals surface area contributed by atoms with Crippen molar-refractivity contribution in [2.75, 3.05) is 0 Å². The van der Waals surface area contributed by atoms with Crippen LogP contribution in [0.2, 0.25) is 0 Å². The zero-order valence-corrected chi connectivity index (χ0v) is 25.2. The van der Waals surface area contributed by atoms with Crippen molar-refractivity contribution in [3.05, 3.63) is 95.7 Å². The Balaban J connectivity index is 1.50. The van der Waals surface area contributed by atoms with E-state index < -0.39 is 60.2 Å². The first kappa shape index (κ1) is 34.0. The van der Waals surface area contributed by atoms with Crippen molar-refractivity contribution in [2.24, 2.45) is 11.5 Å². The molecule has 4 unspecified atom stereocenters. The number of nitrogens with one attached hydrogen (secondary N) is 4. The van der Waals surface area contributed by atoms with Gasteiger partial charge in [0.25, 0.3) is 0 Å². The van der Waals surface area contributed by atoms with Crippen molar-refractivity contribution in [3.63, 3.8) is 0 Å². The van der Waals surface area contributed by atoms with E-state index in [0.29, 0.717) is 11.1 Å². The molecule has 3 aromatic carbocycles. The van der Waals surface area contributed by atoms with Crippen LogP contribution in [0, 0.1) is 0 Å². The maximum absolute atomic E-state index is 13.6. The van der Waals surface area contributed by atoms with Gasteiger partial charge in [-0.15, -0.1) is 0 Å². The van der Waals surface area contributed by atoms with Gasteiger partial charge in [-0.25, -0.2) is 4.79 Å². The molecule has 246 valence electrons. The van der Waals surface area contributed by atoms with Gasteiger partial charge in [-0.2, -0.15) is 0 Å². The monoisotopic (exact) mass is 644 g/mol. The minimum absolute atomic E-state index is 0.0157. The Morgan fingerprint density at radius 3 is 1.77 bits per heavy atom. The number of carbonyl (C=O) groups is 5. The Morgan fingerprint density at radius 2 is 1.19 bits per heavy atom. The molecule has 0 aliphatic rings. The molecule has 4 atom stereocenters. The minimum atomic E-state index is -1.58. The number of hydrogen-bond acceptors (Lipinski definition) is 8. The summed E-state index contributed by atoms with van der Waals surface area (Å²) in [6, 6.07) is 13.7. The fourth-order valence-electron chi connectivity index (χ4n) is 5.01. The van der Waals surface area contributed by atoms with Crippen molar-refractivity contribution in [3.8, 4) is 11.5 Å². The normalized spacial score (nSPS) is 13.6. The van der Waals surface area contributed by atoms with E-state index in [1.54, 1.807) is 18.3 Å². The van der Waals surface area contributed by atoms with Crippen molar-refractivity contribution in [1.29, 1.82) is 0 Å². The van der Waals surface area contributed by atoms with Gasteiger partial charge in [-0.3, -0.25) is 19.2 Å². The summed E-state index contributed by atoms with van der Waals surface area (Å²) in [5.41, 5.74) is 14.3. The average Bonchev–Trinajstić information content (AvgIpc) is 3.44. The number of para-hydroxylation sites is 1. The number of hydrogen-bond donors (Lipinski definition) is 9. The predicted octanol–water partition coefficient (Wildman–Crippen LogP) is 0.349. The summed E-state index contributed by atoms with van der Waals surface area (Å²) in [6.45, 7) is 0. The number of carbonyl (C=O) groups excluding carboxylic acids is 4. The van der Waals surface area contributed by atoms with Gasteiger partial charge >= 0.3 is 5.97 Å². The molecule has 14 heteroatoms. The number of aliphatic carboxylic acids is 1. The molecule has 0 fully saturated rings. The lowest BCUT2D eigenvalue weighted by Crippen LogP contribution is -2.58. The molecule has 0 radical (unpaired) electrons. The second kappa shape index (κ2) is 15.4. The van der Waals surface area contributed by atoms with Gasteiger partial charge in [0.1, 0.15) is 29.6 Å². The summed E-state index contributed by atoms with van der Waals surface area (Å²) in [6.07, 6.45) is 0.988. The van der Waals surface area contributed by atoms with E-state index in [1.807, 2.05) is 24.3 Å². The van der Waals surface area contributed by atoms with Crippen LogP contribution in [0.1, 0.15) is 23.1 Å². The smallest absolute Gasteiger partial charge is 0.326 e. The molecular formula is C33H36N6O8. The molecule has 4 rings (SSSR count). The van der Waals surface area contributed by atoms with E-state index in [1.165, 1.54) is 36.4 Å². The van der Waals surface area contributed by atoms with Crippen LogP contribution in [0.4, 0.5) is 0 Å². The van der Waals surface area contributed by atoms with Gasteiger partial charge in [-0.1, -0.05) is 42.5 Å². The second-order valence-corrected chi connectivity index (χ2v) is 11.1. The number of H-pyrrole nitrogens is 1. The van der Waals surface area contributed by atoms with E-state index >= 15 is 0 Å². The average molecular weight is 645 g/mol. The maximum Gasteiger partial charge on any atom is 0.326 e. The number of aromatic hydroxyl groups is 2. The highest BCUT2D eigenvalue weighted by atomic mass is 16.4. The van der Waals surface area contributed by atoms with Crippen LogP contribution in [-0.2, 0) is 43.2 Å². The number of nitrogens with two attached hydrogens (primary N) is 2. The maximum atomic E-state index is 13.6. The third-order valence-corrected chi connectivity index (χ3v) is 7.49. The lowest BCUT2D eigenvalue weighted by atomic mass is 10.0. The van der Waals surface area contributed by atoms with E-state index in [4.69, 9.17) is 11.5 Å². The number of amides is 4. The van der Waals surface area contributed by atoms with Gasteiger partial charge in [-0.05, 0) is 53.4 Å². The number of benzene rings is 3. The number of phenolic OH excluding ortho intramolecular Hbond substituents is 2. The number of rotatable bonds is 15. The van der Waals surface area contributed by atoms with Crippen LogP contribution >= 0.6 is 0 Å². The summed E-state index contributed by atoms with van der Waals surface area (Å²) in [4.78, 5) is 67.1. The molecule has 0 saturated heterocycles. The molecule has 1 heterocycles. The number of primary amides is 1. The number of aromatic nitrogens is 1. The fourth-order valence-corrected chi connectivity index (χ4v) is 5.01. The Morgan fingerprint density at radius 1 is 0.681 bits per heavy atom. The summed E-state index contributed by atoms with van der Waals surface area (Å²) in [7, 11) is 0. The van der Waals surface area contributed by atoms with Crippen molar-refractivity contribution >= 4 is 40.5 Å². The molecule has 47 heavy (non-hydrogen) atoms. The highest BCUT2D eigenvalue weighted by Gasteiger charge is 2.32. The van der Waals surface area contributed by atoms with E-state index in [9.17, 15) is 39.3 Å². The Hall–Kier alpha value is -5.89. The van der Waals surface area contributed by atoms with E-state index in [-0.39, 0.29) is 30.8 Å². The predicted molar refractivity (Wildman–Crippen MR) is 171 cm³/mol. The van der Waals surface area contributed by atoms with E-state index in [2.05, 4.69) is 20.9 Å². The Labute approximate surface area is 269 Å². The molecular weight excluding hydrogens is 608 g/mol. The largest absolute Gasteiger partial charge is 0.508 e. The van der Waals surface area contributed by atoms with E-state index in [0.717, 1.165) is 16.5 Å². The van der Waals surface area contributed by atoms with Gasteiger partial charge < -0.3 is 47.7 Å². The summed E-state index contributed by atoms with van der Waals surface area (Å²) >= 11 is 0. The van der Waals surface area contributed by atoms with Crippen LogP contribution < -0.4 is 27.4 Å². The first-order valence-electron chi connectivity index (χ1n) is 14.7. The zero-order valence-electron chi connectivity index (χ0n) is 25.2. The van der Waals surface area contributed by atoms with Crippen molar-refractivity contribution in [1.82, 2.24) is 20.9 Å². The van der Waals surface area contributed by atoms with Crippen LogP contribution in [0.15, 0.2) is 79.0 Å². The fraction of sp³-hybridized carbons (Fsp3) is 0.242. The molecule has 0 aliphatic heterocycles. The molecule has 11 N–H and O–H groups in total.